The molecule has 0 aromatic heterocycles. The molecule has 0 radical (unpaired) electrons. The highest BCUT2D eigenvalue weighted by Crippen LogP contribution is 2.46. The second-order valence-electron chi connectivity index (χ2n) is 10.9. The molecule has 2 atom stereocenters. The van der Waals surface area contributed by atoms with Crippen LogP contribution in [0.25, 0.3) is 0 Å². The quantitative estimate of drug-likeness (QED) is 0.353. The summed E-state index contributed by atoms with van der Waals surface area (Å²) < 4.78 is 0. The Bertz CT molecular complexity index is 369. The minimum Gasteiger partial charge on any atom is -0.0654 e. The van der Waals surface area contributed by atoms with Gasteiger partial charge in [-0.05, 0) is 80.5 Å². The van der Waals surface area contributed by atoms with E-state index in [2.05, 4.69) is 13.8 Å². The van der Waals surface area contributed by atoms with Gasteiger partial charge in [-0.2, -0.15) is 0 Å². The van der Waals surface area contributed by atoms with Crippen LogP contribution in [0, 0.1) is 35.5 Å². The first-order valence-electron chi connectivity index (χ1n) is 13.3. The van der Waals surface area contributed by atoms with Crippen LogP contribution < -0.4 is 0 Å². The molecular weight excluding hydrogens is 324 g/mol. The number of hydrogen-bond acceptors (Lipinski definition) is 0. The van der Waals surface area contributed by atoms with Crippen LogP contribution in [-0.2, 0) is 0 Å². The zero-order chi connectivity index (χ0) is 18.9. The van der Waals surface area contributed by atoms with E-state index in [0.29, 0.717) is 0 Å². The van der Waals surface area contributed by atoms with E-state index in [1.165, 1.54) is 44.9 Å². The van der Waals surface area contributed by atoms with Crippen molar-refractivity contribution in [1.29, 1.82) is 0 Å². The van der Waals surface area contributed by atoms with Crippen molar-refractivity contribution in [1.82, 2.24) is 0 Å². The molecule has 0 N–H and O–H groups in total. The SMILES string of the molecule is CCCCCC1CCC(C2CCC([C@@H]3CCC[C@H](CCCC)C3)CC2)CC1. The average molecular weight is 375 g/mol. The third-order valence-corrected chi connectivity index (χ3v) is 9.05. The van der Waals surface area contributed by atoms with Crippen molar-refractivity contribution >= 4 is 0 Å². The Hall–Kier alpha value is 0. The Kier molecular flexibility index (Phi) is 9.54. The summed E-state index contributed by atoms with van der Waals surface area (Å²) in [5, 5.41) is 0. The zero-order valence-electron chi connectivity index (χ0n) is 18.9. The number of rotatable bonds is 9. The molecule has 0 aliphatic heterocycles. The largest absolute Gasteiger partial charge is 0.0654 e. The molecule has 158 valence electrons. The second kappa shape index (κ2) is 11.9. The van der Waals surface area contributed by atoms with Gasteiger partial charge in [0.05, 0.1) is 0 Å². The first kappa shape index (κ1) is 21.7. The highest BCUT2D eigenvalue weighted by Gasteiger charge is 2.34. The van der Waals surface area contributed by atoms with Gasteiger partial charge in [-0.25, -0.2) is 0 Å². The molecule has 0 heteroatoms. The van der Waals surface area contributed by atoms with Gasteiger partial charge < -0.3 is 0 Å². The molecule has 3 rings (SSSR count). The summed E-state index contributed by atoms with van der Waals surface area (Å²) in [4.78, 5) is 0. The number of hydrogen-bond donors (Lipinski definition) is 0. The summed E-state index contributed by atoms with van der Waals surface area (Å²) in [5.41, 5.74) is 0. The van der Waals surface area contributed by atoms with Crippen LogP contribution in [0.15, 0.2) is 0 Å². The van der Waals surface area contributed by atoms with Crippen molar-refractivity contribution < 1.29 is 0 Å². The first-order valence-corrected chi connectivity index (χ1v) is 13.3. The van der Waals surface area contributed by atoms with E-state index >= 15 is 0 Å². The minimum atomic E-state index is 1.09. The van der Waals surface area contributed by atoms with Gasteiger partial charge >= 0.3 is 0 Å². The van der Waals surface area contributed by atoms with Crippen LogP contribution in [0.2, 0.25) is 0 Å². The molecule has 0 spiro atoms. The summed E-state index contributed by atoms with van der Waals surface area (Å²) in [6, 6.07) is 0. The Labute approximate surface area is 171 Å². The summed E-state index contributed by atoms with van der Waals surface area (Å²) in [7, 11) is 0. The molecule has 3 aliphatic rings. The minimum absolute atomic E-state index is 1.09. The monoisotopic (exact) mass is 374 g/mol. The smallest absolute Gasteiger partial charge is 0.0383 e. The fourth-order valence-corrected chi connectivity index (χ4v) is 7.23. The van der Waals surface area contributed by atoms with Gasteiger partial charge in [-0.1, -0.05) is 90.9 Å². The van der Waals surface area contributed by atoms with Crippen LogP contribution in [-0.4, -0.2) is 0 Å². The van der Waals surface area contributed by atoms with Crippen molar-refractivity contribution in [3.63, 3.8) is 0 Å². The molecule has 0 aromatic carbocycles. The summed E-state index contributed by atoms with van der Waals surface area (Å²) in [6.45, 7) is 4.70. The van der Waals surface area contributed by atoms with Crippen molar-refractivity contribution in [2.75, 3.05) is 0 Å². The summed E-state index contributed by atoms with van der Waals surface area (Å²) in [5.74, 6) is 6.61. The van der Waals surface area contributed by atoms with Crippen molar-refractivity contribution in [2.45, 2.75) is 136 Å². The van der Waals surface area contributed by atoms with Crippen LogP contribution in [0.1, 0.15) is 136 Å². The molecule has 3 aliphatic carbocycles. The van der Waals surface area contributed by atoms with Gasteiger partial charge in [0.25, 0.3) is 0 Å². The van der Waals surface area contributed by atoms with E-state index in [1.54, 1.807) is 77.0 Å². The van der Waals surface area contributed by atoms with E-state index in [4.69, 9.17) is 0 Å². The van der Waals surface area contributed by atoms with E-state index < -0.39 is 0 Å². The molecule has 3 saturated carbocycles. The van der Waals surface area contributed by atoms with Crippen LogP contribution in [0.3, 0.4) is 0 Å². The molecule has 27 heavy (non-hydrogen) atoms. The molecule has 0 saturated heterocycles. The fraction of sp³-hybridized carbons (Fsp3) is 1.00. The average Bonchev–Trinajstić information content (AvgIpc) is 2.73. The van der Waals surface area contributed by atoms with Crippen molar-refractivity contribution in [3.05, 3.63) is 0 Å². The van der Waals surface area contributed by atoms with Gasteiger partial charge in [0.2, 0.25) is 0 Å². The lowest BCUT2D eigenvalue weighted by molar-refractivity contribution is 0.0981. The van der Waals surface area contributed by atoms with Gasteiger partial charge in [0, 0.05) is 0 Å². The maximum Gasteiger partial charge on any atom is -0.0383 e. The Balaban J connectivity index is 1.34. The third-order valence-electron chi connectivity index (χ3n) is 9.05. The molecule has 0 bridgehead atoms. The van der Waals surface area contributed by atoms with Crippen LogP contribution >= 0.6 is 0 Å². The predicted octanol–water partition coefficient (Wildman–Crippen LogP) is 9.18. The van der Waals surface area contributed by atoms with Crippen molar-refractivity contribution in [3.8, 4) is 0 Å². The van der Waals surface area contributed by atoms with E-state index in [-0.39, 0.29) is 0 Å². The predicted molar refractivity (Wildman–Crippen MR) is 120 cm³/mol. The standard InChI is InChI=1S/C27H50/c1-3-5-7-10-22-13-15-24(16-14-22)25-17-19-26(20-18-25)27-12-8-11-23(21-27)9-6-4-2/h22-27H,3-21H2,1-2H3/t22?,23-,24?,25?,26?,27+/m0/s1. The summed E-state index contributed by atoms with van der Waals surface area (Å²) in [6.07, 6.45) is 29.2. The van der Waals surface area contributed by atoms with Gasteiger partial charge in [0.15, 0.2) is 0 Å². The maximum absolute atomic E-state index is 2.36. The maximum atomic E-state index is 2.36. The Morgan fingerprint density at radius 3 is 1.67 bits per heavy atom. The lowest BCUT2D eigenvalue weighted by atomic mass is 9.64. The first-order chi connectivity index (χ1) is 13.3. The van der Waals surface area contributed by atoms with E-state index in [9.17, 15) is 0 Å². The molecular formula is C27H50. The topological polar surface area (TPSA) is 0 Å². The zero-order valence-corrected chi connectivity index (χ0v) is 18.9. The highest BCUT2D eigenvalue weighted by molar-refractivity contribution is 4.86. The molecule has 0 unspecified atom stereocenters. The fourth-order valence-electron chi connectivity index (χ4n) is 7.23. The van der Waals surface area contributed by atoms with E-state index in [1.807, 2.05) is 0 Å². The highest BCUT2D eigenvalue weighted by atomic mass is 14.4. The lowest BCUT2D eigenvalue weighted by Gasteiger charge is -2.41. The van der Waals surface area contributed by atoms with Crippen molar-refractivity contribution in [2.24, 2.45) is 35.5 Å². The second-order valence-corrected chi connectivity index (χ2v) is 10.9. The Morgan fingerprint density at radius 2 is 1.04 bits per heavy atom. The van der Waals surface area contributed by atoms with Crippen LogP contribution in [0.4, 0.5) is 0 Å². The molecule has 0 aromatic rings. The third kappa shape index (κ3) is 6.78. The Morgan fingerprint density at radius 1 is 0.481 bits per heavy atom. The van der Waals surface area contributed by atoms with Gasteiger partial charge in [-0.15, -0.1) is 0 Å². The van der Waals surface area contributed by atoms with Crippen LogP contribution in [0.5, 0.6) is 0 Å². The molecule has 0 amide bonds. The lowest BCUT2D eigenvalue weighted by Crippen LogP contribution is -2.30. The molecule has 3 fully saturated rings. The molecule has 0 nitrogen and oxygen atoms in total. The van der Waals surface area contributed by atoms with Gasteiger partial charge in [-0.3, -0.25) is 0 Å². The molecule has 0 heterocycles. The summed E-state index contributed by atoms with van der Waals surface area (Å²) >= 11 is 0. The number of unbranched alkanes of at least 4 members (excludes halogenated alkanes) is 3. The van der Waals surface area contributed by atoms with Gasteiger partial charge in [0.1, 0.15) is 0 Å². The van der Waals surface area contributed by atoms with E-state index in [0.717, 1.165) is 35.5 Å². The normalized spacial score (nSPS) is 38.0.